The second kappa shape index (κ2) is 4.59. The molecule has 5 heteroatoms. The summed E-state index contributed by atoms with van der Waals surface area (Å²) in [5.41, 5.74) is 2.00. The number of rotatable bonds is 2. The van der Waals surface area contributed by atoms with Crippen LogP contribution in [0.2, 0.25) is 0 Å². The summed E-state index contributed by atoms with van der Waals surface area (Å²) in [6, 6.07) is 0. The summed E-state index contributed by atoms with van der Waals surface area (Å²) >= 11 is 5.77. The van der Waals surface area contributed by atoms with Crippen molar-refractivity contribution < 1.29 is 9.47 Å². The summed E-state index contributed by atoms with van der Waals surface area (Å²) in [6.07, 6.45) is 1.61. The van der Waals surface area contributed by atoms with E-state index in [-0.39, 0.29) is 17.8 Å². The van der Waals surface area contributed by atoms with Crippen LogP contribution in [0.5, 0.6) is 0 Å². The van der Waals surface area contributed by atoms with E-state index in [0.29, 0.717) is 12.5 Å². The molecule has 1 aliphatic heterocycles. The van der Waals surface area contributed by atoms with Gasteiger partial charge in [0.15, 0.2) is 6.29 Å². The first kappa shape index (κ1) is 12.9. The van der Waals surface area contributed by atoms with E-state index in [1.807, 2.05) is 13.2 Å². The zero-order valence-corrected chi connectivity index (χ0v) is 11.5. The van der Waals surface area contributed by atoms with Gasteiger partial charge in [0.05, 0.1) is 24.3 Å². The summed E-state index contributed by atoms with van der Waals surface area (Å²) in [5.74, 6) is 0.460. The molecule has 0 saturated carbocycles. The fraction of sp³-hybridized carbons (Fsp3) is 0.750. The summed E-state index contributed by atoms with van der Waals surface area (Å²) in [6.45, 7) is 6.94. The van der Waals surface area contributed by atoms with E-state index in [0.717, 1.165) is 11.3 Å². The molecule has 2 unspecified atom stereocenters. The van der Waals surface area contributed by atoms with Gasteiger partial charge < -0.3 is 9.47 Å². The van der Waals surface area contributed by atoms with Gasteiger partial charge in [-0.05, 0) is 0 Å². The first-order valence-corrected chi connectivity index (χ1v) is 6.32. The van der Waals surface area contributed by atoms with Crippen molar-refractivity contribution in [1.29, 1.82) is 0 Å². The molecular formula is C12H19ClN2O2. The van der Waals surface area contributed by atoms with Gasteiger partial charge in [-0.15, -0.1) is 11.6 Å². The second-order valence-electron chi connectivity index (χ2n) is 5.43. The molecule has 1 saturated heterocycles. The first-order chi connectivity index (χ1) is 7.91. The first-order valence-electron chi connectivity index (χ1n) is 5.79. The van der Waals surface area contributed by atoms with E-state index < -0.39 is 0 Å². The summed E-state index contributed by atoms with van der Waals surface area (Å²) in [4.78, 5) is 0. The van der Waals surface area contributed by atoms with Gasteiger partial charge >= 0.3 is 0 Å². The maximum Gasteiger partial charge on any atom is 0.187 e. The minimum absolute atomic E-state index is 0.0188. The molecular weight excluding hydrogens is 240 g/mol. The predicted molar refractivity (Wildman–Crippen MR) is 66.2 cm³/mol. The highest BCUT2D eigenvalue weighted by molar-refractivity contribution is 6.18. The summed E-state index contributed by atoms with van der Waals surface area (Å²) < 4.78 is 13.2. The Bertz CT molecular complexity index is 398. The minimum Gasteiger partial charge on any atom is -0.346 e. The largest absolute Gasteiger partial charge is 0.346 e. The molecule has 0 spiro atoms. The molecule has 0 bridgehead atoms. The minimum atomic E-state index is -0.332. The Hall–Kier alpha value is -0.580. The molecule has 4 nitrogen and oxygen atoms in total. The van der Waals surface area contributed by atoms with Crippen LogP contribution in [0.1, 0.15) is 38.3 Å². The molecule has 2 rings (SSSR count). The van der Waals surface area contributed by atoms with Crippen LogP contribution in [-0.4, -0.2) is 28.4 Å². The molecule has 1 aromatic rings. The number of hydrogen-bond donors (Lipinski definition) is 0. The quantitative estimate of drug-likeness (QED) is 0.764. The number of alkyl halides is 1. The normalized spacial score (nSPS) is 25.5. The van der Waals surface area contributed by atoms with Crippen LogP contribution in [-0.2, 0) is 21.9 Å². The van der Waals surface area contributed by atoms with Crippen molar-refractivity contribution in [2.45, 2.75) is 38.6 Å². The topological polar surface area (TPSA) is 36.3 Å². The number of nitrogens with zero attached hydrogens (tertiary/aromatic N) is 2. The molecule has 1 aliphatic rings. The Morgan fingerprint density at radius 2 is 2.24 bits per heavy atom. The van der Waals surface area contributed by atoms with Crippen molar-refractivity contribution in [3.05, 3.63) is 17.5 Å². The lowest BCUT2D eigenvalue weighted by Gasteiger charge is -2.19. The van der Waals surface area contributed by atoms with Gasteiger partial charge in [-0.1, -0.05) is 20.8 Å². The average molecular weight is 259 g/mol. The smallest absolute Gasteiger partial charge is 0.187 e. The molecule has 1 fully saturated rings. The molecule has 0 aromatic carbocycles. The van der Waals surface area contributed by atoms with Crippen molar-refractivity contribution in [3.8, 4) is 0 Å². The predicted octanol–water partition coefficient (Wildman–Crippen LogP) is 2.37. The van der Waals surface area contributed by atoms with Crippen LogP contribution in [0.3, 0.4) is 0 Å². The third-order valence-electron chi connectivity index (χ3n) is 2.74. The van der Waals surface area contributed by atoms with Crippen LogP contribution < -0.4 is 0 Å². The van der Waals surface area contributed by atoms with E-state index in [9.17, 15) is 0 Å². The van der Waals surface area contributed by atoms with Gasteiger partial charge in [-0.3, -0.25) is 4.68 Å². The molecule has 17 heavy (non-hydrogen) atoms. The van der Waals surface area contributed by atoms with Crippen molar-refractivity contribution in [2.24, 2.45) is 7.05 Å². The molecule has 96 valence electrons. The molecule has 0 amide bonds. The summed E-state index contributed by atoms with van der Waals surface area (Å²) in [5, 5.41) is 4.50. The van der Waals surface area contributed by atoms with E-state index in [1.165, 1.54) is 0 Å². The van der Waals surface area contributed by atoms with Crippen LogP contribution in [0.15, 0.2) is 6.20 Å². The maximum absolute atomic E-state index is 5.77. The average Bonchev–Trinajstić information content (AvgIpc) is 2.81. The number of aryl methyl sites for hydroxylation is 1. The molecule has 0 N–H and O–H groups in total. The highest BCUT2D eigenvalue weighted by Crippen LogP contribution is 2.34. The summed E-state index contributed by atoms with van der Waals surface area (Å²) in [7, 11) is 1.91. The molecule has 0 aliphatic carbocycles. The fourth-order valence-electron chi connectivity index (χ4n) is 1.95. The monoisotopic (exact) mass is 258 g/mol. The Labute approximate surface area is 107 Å². The van der Waals surface area contributed by atoms with Gasteiger partial charge in [0.2, 0.25) is 0 Å². The second-order valence-corrected chi connectivity index (χ2v) is 5.74. The van der Waals surface area contributed by atoms with Crippen LogP contribution >= 0.6 is 11.6 Å². The zero-order valence-electron chi connectivity index (χ0n) is 10.7. The SMILES string of the molecule is Cn1cc(C2OCC(CCl)O2)c(C(C)(C)C)n1. The Balaban J connectivity index is 2.27. The zero-order chi connectivity index (χ0) is 12.6. The molecule has 2 atom stereocenters. The third kappa shape index (κ3) is 2.64. The lowest BCUT2D eigenvalue weighted by atomic mass is 9.89. The number of hydrogen-bond acceptors (Lipinski definition) is 3. The Morgan fingerprint density at radius 3 is 2.76 bits per heavy atom. The van der Waals surface area contributed by atoms with E-state index in [1.54, 1.807) is 4.68 Å². The van der Waals surface area contributed by atoms with Gasteiger partial charge in [0.25, 0.3) is 0 Å². The third-order valence-corrected chi connectivity index (χ3v) is 3.09. The van der Waals surface area contributed by atoms with Crippen molar-refractivity contribution in [2.75, 3.05) is 12.5 Å². The van der Waals surface area contributed by atoms with Crippen molar-refractivity contribution >= 4 is 11.6 Å². The maximum atomic E-state index is 5.77. The standard InChI is InChI=1S/C12H19ClN2O2/c1-12(2,3)10-9(6-15(4)14-10)11-16-7-8(5-13)17-11/h6,8,11H,5,7H2,1-4H3. The van der Waals surface area contributed by atoms with Gasteiger partial charge in [0.1, 0.15) is 0 Å². The van der Waals surface area contributed by atoms with Crippen LogP contribution in [0.4, 0.5) is 0 Å². The molecule has 2 heterocycles. The van der Waals surface area contributed by atoms with Crippen molar-refractivity contribution in [1.82, 2.24) is 9.78 Å². The van der Waals surface area contributed by atoms with Gasteiger partial charge in [0, 0.05) is 24.2 Å². The lowest BCUT2D eigenvalue weighted by molar-refractivity contribution is -0.0577. The van der Waals surface area contributed by atoms with Crippen molar-refractivity contribution in [3.63, 3.8) is 0 Å². The van der Waals surface area contributed by atoms with E-state index in [2.05, 4.69) is 25.9 Å². The van der Waals surface area contributed by atoms with E-state index in [4.69, 9.17) is 21.1 Å². The van der Waals surface area contributed by atoms with E-state index >= 15 is 0 Å². The van der Waals surface area contributed by atoms with Crippen LogP contribution in [0.25, 0.3) is 0 Å². The number of halogens is 1. The highest BCUT2D eigenvalue weighted by atomic mass is 35.5. The fourth-order valence-corrected chi connectivity index (χ4v) is 2.12. The molecule has 0 radical (unpaired) electrons. The molecule has 1 aromatic heterocycles. The van der Waals surface area contributed by atoms with Gasteiger partial charge in [-0.2, -0.15) is 5.10 Å². The van der Waals surface area contributed by atoms with Gasteiger partial charge in [-0.25, -0.2) is 0 Å². The Kier molecular flexibility index (Phi) is 3.48. The Morgan fingerprint density at radius 1 is 1.53 bits per heavy atom. The number of ether oxygens (including phenoxy) is 2. The highest BCUT2D eigenvalue weighted by Gasteiger charge is 2.33. The number of aromatic nitrogens is 2. The van der Waals surface area contributed by atoms with Crippen LogP contribution in [0, 0.1) is 0 Å². The lowest BCUT2D eigenvalue weighted by Crippen LogP contribution is -2.17.